The summed E-state index contributed by atoms with van der Waals surface area (Å²) < 4.78 is 0. The largest absolute Gasteiger partial charge is 0.358 e. The van der Waals surface area contributed by atoms with E-state index in [1.165, 1.54) is 19.3 Å². The number of carbonyl (C=O) groups excluding carboxylic acids is 1. The Bertz CT molecular complexity index is 138. The number of nitrogens with zero attached hydrogens (tertiary/aromatic N) is 1. The summed E-state index contributed by atoms with van der Waals surface area (Å²) in [5.41, 5.74) is 0. The number of rotatable bonds is 2. The number of likely N-dealkylation sites (N-methyl/N-ethyl adjacent to an activating group) is 1. The molecule has 0 bridgehead atoms. The van der Waals surface area contributed by atoms with E-state index in [0.717, 1.165) is 13.1 Å². The molecule has 1 aliphatic rings. The van der Waals surface area contributed by atoms with Crippen LogP contribution in [-0.2, 0) is 4.79 Å². The molecule has 0 aromatic carbocycles. The summed E-state index contributed by atoms with van der Waals surface area (Å²) in [6, 6.07) is 0. The minimum Gasteiger partial charge on any atom is -0.358 e. The summed E-state index contributed by atoms with van der Waals surface area (Å²) in [6.07, 6.45) is 3.82. The van der Waals surface area contributed by atoms with E-state index in [1.54, 1.807) is 7.05 Å². The van der Waals surface area contributed by atoms with Crippen LogP contribution in [0, 0.1) is 0 Å². The molecule has 13 heavy (non-hydrogen) atoms. The quantitative estimate of drug-likeness (QED) is 0.767. The smallest absolute Gasteiger partial charge is 0.233 e. The molecule has 1 aliphatic heterocycles. The monoisotopic (exact) mass is 228 g/mol. The number of nitrogens with one attached hydrogen (secondary N) is 1. The molecule has 5 heteroatoms. The average Bonchev–Trinajstić information content (AvgIpc) is 2.06. The van der Waals surface area contributed by atoms with Gasteiger partial charge >= 0.3 is 0 Å². The number of hydrogen-bond acceptors (Lipinski definition) is 2. The molecule has 1 rings (SSSR count). The van der Waals surface area contributed by atoms with Crippen molar-refractivity contribution in [3.8, 4) is 0 Å². The van der Waals surface area contributed by atoms with Crippen LogP contribution in [-0.4, -0.2) is 37.5 Å². The molecule has 1 N–H and O–H groups in total. The van der Waals surface area contributed by atoms with E-state index in [9.17, 15) is 4.79 Å². The highest BCUT2D eigenvalue weighted by Gasteiger charge is 2.11. The first-order chi connectivity index (χ1) is 5.33. The van der Waals surface area contributed by atoms with Crippen LogP contribution >= 0.6 is 24.8 Å². The van der Waals surface area contributed by atoms with Gasteiger partial charge in [-0.3, -0.25) is 9.69 Å². The molecule has 1 saturated heterocycles. The average molecular weight is 229 g/mol. The summed E-state index contributed by atoms with van der Waals surface area (Å²) in [7, 11) is 1.69. The Kier molecular flexibility index (Phi) is 10.2. The van der Waals surface area contributed by atoms with Crippen LogP contribution in [0.15, 0.2) is 0 Å². The van der Waals surface area contributed by atoms with Crippen molar-refractivity contribution in [1.82, 2.24) is 10.2 Å². The predicted octanol–water partition coefficient (Wildman–Crippen LogP) is 1.06. The van der Waals surface area contributed by atoms with Crippen LogP contribution in [0.5, 0.6) is 0 Å². The van der Waals surface area contributed by atoms with Gasteiger partial charge in [-0.25, -0.2) is 0 Å². The second-order valence-corrected chi connectivity index (χ2v) is 3.01. The van der Waals surface area contributed by atoms with Crippen molar-refractivity contribution >= 4 is 30.7 Å². The van der Waals surface area contributed by atoms with Gasteiger partial charge in [-0.05, 0) is 25.9 Å². The Labute approximate surface area is 92.1 Å². The van der Waals surface area contributed by atoms with Crippen LogP contribution in [0.3, 0.4) is 0 Å². The Morgan fingerprint density at radius 2 is 1.77 bits per heavy atom. The molecule has 0 aromatic heterocycles. The van der Waals surface area contributed by atoms with Crippen LogP contribution in [0.1, 0.15) is 19.3 Å². The zero-order chi connectivity index (χ0) is 8.10. The Morgan fingerprint density at radius 1 is 1.23 bits per heavy atom. The van der Waals surface area contributed by atoms with Gasteiger partial charge in [0.05, 0.1) is 6.54 Å². The fraction of sp³-hybridized carbons (Fsp3) is 0.875. The SMILES string of the molecule is CNC(=O)CN1CCCCC1.Cl.Cl. The molecule has 3 nitrogen and oxygen atoms in total. The molecule has 0 aliphatic carbocycles. The molecular weight excluding hydrogens is 211 g/mol. The van der Waals surface area contributed by atoms with Gasteiger partial charge in [0, 0.05) is 7.05 Å². The molecule has 1 fully saturated rings. The third kappa shape index (κ3) is 6.13. The van der Waals surface area contributed by atoms with E-state index in [-0.39, 0.29) is 30.7 Å². The molecule has 1 heterocycles. The maximum absolute atomic E-state index is 10.9. The maximum atomic E-state index is 10.9. The molecule has 0 radical (unpaired) electrons. The van der Waals surface area contributed by atoms with Crippen LogP contribution in [0.25, 0.3) is 0 Å². The standard InChI is InChI=1S/C8H16N2O.2ClH/c1-9-8(11)7-10-5-3-2-4-6-10;;/h2-7H2,1H3,(H,9,11);2*1H. The van der Waals surface area contributed by atoms with Gasteiger partial charge in [0.25, 0.3) is 0 Å². The highest BCUT2D eigenvalue weighted by molar-refractivity contribution is 5.85. The zero-order valence-electron chi connectivity index (χ0n) is 7.91. The Morgan fingerprint density at radius 3 is 2.23 bits per heavy atom. The van der Waals surface area contributed by atoms with Crippen LogP contribution in [0.4, 0.5) is 0 Å². The minimum absolute atomic E-state index is 0. The van der Waals surface area contributed by atoms with Crippen molar-refractivity contribution in [3.05, 3.63) is 0 Å². The minimum atomic E-state index is 0. The summed E-state index contributed by atoms with van der Waals surface area (Å²) in [6.45, 7) is 2.76. The lowest BCUT2D eigenvalue weighted by atomic mass is 10.1. The van der Waals surface area contributed by atoms with Crippen LogP contribution in [0.2, 0.25) is 0 Å². The lowest BCUT2D eigenvalue weighted by molar-refractivity contribution is -0.121. The van der Waals surface area contributed by atoms with Crippen molar-refractivity contribution in [2.75, 3.05) is 26.7 Å². The molecular formula is C8H18Cl2N2O. The van der Waals surface area contributed by atoms with Gasteiger partial charge in [0.2, 0.25) is 5.91 Å². The number of hydrogen-bond donors (Lipinski definition) is 1. The predicted molar refractivity (Wildman–Crippen MR) is 58.9 cm³/mol. The van der Waals surface area contributed by atoms with Gasteiger partial charge < -0.3 is 5.32 Å². The number of likely N-dealkylation sites (tertiary alicyclic amines) is 1. The second kappa shape index (κ2) is 8.60. The first-order valence-corrected chi connectivity index (χ1v) is 4.26. The van der Waals surface area contributed by atoms with Crippen molar-refractivity contribution in [2.45, 2.75) is 19.3 Å². The number of carbonyl (C=O) groups is 1. The number of halogens is 2. The molecule has 0 aromatic rings. The zero-order valence-corrected chi connectivity index (χ0v) is 9.55. The van der Waals surface area contributed by atoms with Crippen molar-refractivity contribution in [2.24, 2.45) is 0 Å². The Hall–Kier alpha value is 0.01000. The molecule has 1 amide bonds. The Balaban J connectivity index is 0. The van der Waals surface area contributed by atoms with E-state index in [0.29, 0.717) is 6.54 Å². The first kappa shape index (κ1) is 15.5. The van der Waals surface area contributed by atoms with Gasteiger partial charge in [0.15, 0.2) is 0 Å². The molecule has 0 atom stereocenters. The van der Waals surface area contributed by atoms with E-state index in [2.05, 4.69) is 10.2 Å². The van der Waals surface area contributed by atoms with E-state index < -0.39 is 0 Å². The third-order valence-corrected chi connectivity index (χ3v) is 2.09. The highest BCUT2D eigenvalue weighted by Crippen LogP contribution is 2.07. The first-order valence-electron chi connectivity index (χ1n) is 4.26. The summed E-state index contributed by atoms with van der Waals surface area (Å²) >= 11 is 0. The molecule has 0 saturated carbocycles. The van der Waals surface area contributed by atoms with E-state index in [4.69, 9.17) is 0 Å². The van der Waals surface area contributed by atoms with Gasteiger partial charge in [-0.15, -0.1) is 24.8 Å². The second-order valence-electron chi connectivity index (χ2n) is 3.01. The summed E-state index contributed by atoms with van der Waals surface area (Å²) in [5, 5.41) is 2.63. The lowest BCUT2D eigenvalue weighted by Crippen LogP contribution is -2.38. The molecule has 80 valence electrons. The van der Waals surface area contributed by atoms with Crippen molar-refractivity contribution in [1.29, 1.82) is 0 Å². The topological polar surface area (TPSA) is 32.3 Å². The lowest BCUT2D eigenvalue weighted by Gasteiger charge is -2.25. The van der Waals surface area contributed by atoms with Gasteiger partial charge in [0.1, 0.15) is 0 Å². The summed E-state index contributed by atoms with van der Waals surface area (Å²) in [5.74, 6) is 0.131. The molecule has 0 unspecified atom stereocenters. The number of piperidine rings is 1. The fourth-order valence-electron chi connectivity index (χ4n) is 1.40. The van der Waals surface area contributed by atoms with Crippen molar-refractivity contribution in [3.63, 3.8) is 0 Å². The third-order valence-electron chi connectivity index (χ3n) is 2.09. The summed E-state index contributed by atoms with van der Waals surface area (Å²) in [4.78, 5) is 13.1. The van der Waals surface area contributed by atoms with E-state index in [1.807, 2.05) is 0 Å². The maximum Gasteiger partial charge on any atom is 0.233 e. The fourth-order valence-corrected chi connectivity index (χ4v) is 1.40. The van der Waals surface area contributed by atoms with Gasteiger partial charge in [-0.2, -0.15) is 0 Å². The normalized spacial score (nSPS) is 16.7. The molecule has 0 spiro atoms. The van der Waals surface area contributed by atoms with Crippen LogP contribution < -0.4 is 5.32 Å². The van der Waals surface area contributed by atoms with E-state index >= 15 is 0 Å². The highest BCUT2D eigenvalue weighted by atomic mass is 35.5. The van der Waals surface area contributed by atoms with Gasteiger partial charge in [-0.1, -0.05) is 6.42 Å². The van der Waals surface area contributed by atoms with Crippen molar-refractivity contribution < 1.29 is 4.79 Å². The number of amides is 1.